The van der Waals surface area contributed by atoms with Crippen LogP contribution in [0.1, 0.15) is 6.42 Å². The third kappa shape index (κ3) is 4.28. The molecule has 2 bridgehead atoms. The maximum atomic E-state index is 14.4. The first kappa shape index (κ1) is 22.5. The predicted molar refractivity (Wildman–Crippen MR) is 131 cm³/mol. The second-order valence-electron chi connectivity index (χ2n) is 8.84. The Bertz CT molecular complexity index is 1270. The first-order chi connectivity index (χ1) is 16.4. The van der Waals surface area contributed by atoms with E-state index in [0.717, 1.165) is 25.3 Å². The Morgan fingerprint density at radius 1 is 1.24 bits per heavy atom. The Labute approximate surface area is 202 Å². The summed E-state index contributed by atoms with van der Waals surface area (Å²) in [6.07, 6.45) is 5.90. The highest BCUT2D eigenvalue weighted by Gasteiger charge is 2.45. The molecule has 0 radical (unpaired) electrons. The summed E-state index contributed by atoms with van der Waals surface area (Å²) < 4.78 is 14.4. The van der Waals surface area contributed by atoms with Gasteiger partial charge in [-0.15, -0.1) is 0 Å². The fourth-order valence-electron chi connectivity index (χ4n) is 4.59. The van der Waals surface area contributed by atoms with Crippen molar-refractivity contribution in [2.24, 2.45) is 0 Å². The summed E-state index contributed by atoms with van der Waals surface area (Å²) in [5.41, 5.74) is 1.41. The van der Waals surface area contributed by atoms with E-state index in [-0.39, 0.29) is 28.7 Å². The number of amides is 1. The molecule has 2 fully saturated rings. The minimum atomic E-state index is -0.548. The first-order valence-electron chi connectivity index (χ1n) is 11.1. The van der Waals surface area contributed by atoms with E-state index in [0.29, 0.717) is 23.4 Å². The number of hydrogen-bond donors (Lipinski definition) is 1. The second kappa shape index (κ2) is 9.15. The van der Waals surface area contributed by atoms with Crippen LogP contribution in [-0.2, 0) is 4.79 Å². The molecule has 1 N–H and O–H groups in total. The summed E-state index contributed by atoms with van der Waals surface area (Å²) in [6, 6.07) is 8.93. The van der Waals surface area contributed by atoms with Crippen molar-refractivity contribution in [1.82, 2.24) is 24.8 Å². The van der Waals surface area contributed by atoms with Crippen LogP contribution in [0.5, 0.6) is 0 Å². The number of benzene rings is 1. The molecule has 176 valence electrons. The average Bonchev–Trinajstić information content (AvgIpc) is 3.43. The number of rotatable bonds is 6. The molecule has 10 heteroatoms. The summed E-state index contributed by atoms with van der Waals surface area (Å²) >= 11 is 5.92. The van der Waals surface area contributed by atoms with E-state index in [1.54, 1.807) is 18.2 Å². The van der Waals surface area contributed by atoms with E-state index < -0.39 is 5.82 Å². The van der Waals surface area contributed by atoms with Gasteiger partial charge in [-0.3, -0.25) is 4.79 Å². The van der Waals surface area contributed by atoms with Gasteiger partial charge < -0.3 is 20.0 Å². The van der Waals surface area contributed by atoms with Crippen LogP contribution in [0.4, 0.5) is 21.7 Å². The zero-order valence-corrected chi connectivity index (χ0v) is 19.7. The quantitative estimate of drug-likeness (QED) is 0.540. The number of nitrogens with one attached hydrogen (secondary N) is 1. The van der Waals surface area contributed by atoms with Crippen LogP contribution in [0.3, 0.4) is 0 Å². The number of piperazine rings is 1. The van der Waals surface area contributed by atoms with Gasteiger partial charge in [-0.05, 0) is 44.8 Å². The van der Waals surface area contributed by atoms with E-state index in [9.17, 15) is 9.18 Å². The monoisotopic (exact) mass is 481 g/mol. The Morgan fingerprint density at radius 3 is 2.85 bits per heavy atom. The number of pyridine rings is 1. The molecule has 2 saturated heterocycles. The van der Waals surface area contributed by atoms with Gasteiger partial charge in [-0.25, -0.2) is 19.3 Å². The molecule has 2 aliphatic heterocycles. The molecule has 34 heavy (non-hydrogen) atoms. The van der Waals surface area contributed by atoms with Gasteiger partial charge in [0.05, 0.1) is 28.3 Å². The second-order valence-corrected chi connectivity index (χ2v) is 9.24. The Balaban J connectivity index is 1.36. The third-order valence-corrected chi connectivity index (χ3v) is 6.51. The molecule has 0 spiro atoms. The van der Waals surface area contributed by atoms with Gasteiger partial charge in [-0.1, -0.05) is 23.7 Å². The molecule has 8 nitrogen and oxygen atoms in total. The minimum Gasteiger partial charge on any atom is -0.350 e. The number of nitrogens with zero attached hydrogens (tertiary/aromatic N) is 6. The Kier molecular flexibility index (Phi) is 6.05. The van der Waals surface area contributed by atoms with Crippen molar-refractivity contribution >= 4 is 45.9 Å². The molecule has 2 aromatic heterocycles. The van der Waals surface area contributed by atoms with E-state index in [2.05, 4.69) is 20.2 Å². The average molecular weight is 482 g/mol. The summed E-state index contributed by atoms with van der Waals surface area (Å²) in [7, 11) is 3.94. The van der Waals surface area contributed by atoms with Crippen LogP contribution in [0.25, 0.3) is 11.0 Å². The van der Waals surface area contributed by atoms with E-state index in [1.165, 1.54) is 12.4 Å². The number of aromatic nitrogens is 3. The number of halogens is 2. The van der Waals surface area contributed by atoms with Crippen molar-refractivity contribution in [3.8, 4) is 0 Å². The molecule has 1 aromatic carbocycles. The fraction of sp³-hybridized carbons (Fsp3) is 0.333. The van der Waals surface area contributed by atoms with Crippen molar-refractivity contribution in [2.45, 2.75) is 18.5 Å². The lowest BCUT2D eigenvalue weighted by Crippen LogP contribution is -2.48. The van der Waals surface area contributed by atoms with Crippen LogP contribution in [0, 0.1) is 5.82 Å². The van der Waals surface area contributed by atoms with Gasteiger partial charge in [0.25, 0.3) is 0 Å². The standard InChI is InChI=1S/C24H25ClFN7O/c1-31(2)10-4-7-21(34)33-13-15-11-16(33)12-32(15)20-9-8-19-23(30-20)24(28-14-27-19)29-18-6-3-5-17(25)22(18)26/h3-9,14-16H,10-13H2,1-2H3,(H,27,28,29)/b7-4+/t15-,16-/m0/s1. The maximum absolute atomic E-state index is 14.4. The van der Waals surface area contributed by atoms with Crippen molar-refractivity contribution < 1.29 is 9.18 Å². The third-order valence-electron chi connectivity index (χ3n) is 6.22. The molecular weight excluding hydrogens is 457 g/mol. The van der Waals surface area contributed by atoms with Crippen molar-refractivity contribution in [3.05, 3.63) is 59.7 Å². The number of likely N-dealkylation sites (N-methyl/N-ethyl adjacent to an activating group) is 1. The van der Waals surface area contributed by atoms with Gasteiger partial charge >= 0.3 is 0 Å². The largest absolute Gasteiger partial charge is 0.350 e. The number of fused-ring (bicyclic) bond motifs is 3. The van der Waals surface area contributed by atoms with Crippen LogP contribution in [-0.4, -0.2) is 76.5 Å². The molecule has 2 aliphatic rings. The zero-order chi connectivity index (χ0) is 23.8. The topological polar surface area (TPSA) is 77.5 Å². The number of anilines is 3. The predicted octanol–water partition coefficient (Wildman–Crippen LogP) is 3.47. The normalized spacial score (nSPS) is 19.7. The number of carbonyl (C=O) groups is 1. The van der Waals surface area contributed by atoms with Crippen LogP contribution in [0.2, 0.25) is 5.02 Å². The molecule has 4 heterocycles. The van der Waals surface area contributed by atoms with Crippen LogP contribution < -0.4 is 10.2 Å². The number of likely N-dealkylation sites (tertiary alicyclic amines) is 1. The molecule has 0 aliphatic carbocycles. The first-order valence-corrected chi connectivity index (χ1v) is 11.5. The molecule has 5 rings (SSSR count). The van der Waals surface area contributed by atoms with Crippen LogP contribution in [0.15, 0.2) is 48.8 Å². The van der Waals surface area contributed by atoms with Crippen molar-refractivity contribution in [3.63, 3.8) is 0 Å². The number of carbonyl (C=O) groups excluding carboxylic acids is 1. The molecule has 0 unspecified atom stereocenters. The highest BCUT2D eigenvalue weighted by molar-refractivity contribution is 6.31. The lowest BCUT2D eigenvalue weighted by atomic mass is 10.2. The fourth-order valence-corrected chi connectivity index (χ4v) is 4.76. The molecular formula is C24H25ClFN7O. The summed E-state index contributed by atoms with van der Waals surface area (Å²) in [6.45, 7) is 2.12. The zero-order valence-electron chi connectivity index (χ0n) is 18.9. The minimum absolute atomic E-state index is 0.0285. The summed E-state index contributed by atoms with van der Waals surface area (Å²) in [5, 5.41) is 3.03. The van der Waals surface area contributed by atoms with E-state index in [1.807, 2.05) is 42.1 Å². The van der Waals surface area contributed by atoms with Crippen molar-refractivity contribution in [1.29, 1.82) is 0 Å². The van der Waals surface area contributed by atoms with E-state index >= 15 is 0 Å². The molecule has 0 saturated carbocycles. The highest BCUT2D eigenvalue weighted by atomic mass is 35.5. The molecule has 2 atom stereocenters. The van der Waals surface area contributed by atoms with Gasteiger partial charge in [-0.2, -0.15) is 0 Å². The van der Waals surface area contributed by atoms with E-state index in [4.69, 9.17) is 16.6 Å². The highest BCUT2D eigenvalue weighted by Crippen LogP contribution is 2.35. The molecule has 1 amide bonds. The SMILES string of the molecule is CN(C)C/C=C/C(=O)N1C[C@@H]2C[C@H]1CN2c1ccc2ncnc(Nc3cccc(Cl)c3F)c2n1. The smallest absolute Gasteiger partial charge is 0.246 e. The number of hydrogen-bond acceptors (Lipinski definition) is 7. The lowest BCUT2D eigenvalue weighted by Gasteiger charge is -2.34. The van der Waals surface area contributed by atoms with Gasteiger partial charge in [0.15, 0.2) is 11.6 Å². The van der Waals surface area contributed by atoms with Crippen LogP contribution >= 0.6 is 11.6 Å². The van der Waals surface area contributed by atoms with Gasteiger partial charge in [0, 0.05) is 25.7 Å². The Hall–Kier alpha value is -3.30. The summed E-state index contributed by atoms with van der Waals surface area (Å²) in [4.78, 5) is 32.2. The van der Waals surface area contributed by atoms with Crippen molar-refractivity contribution in [2.75, 3.05) is 43.9 Å². The summed E-state index contributed by atoms with van der Waals surface area (Å²) in [5.74, 6) is 0.706. The molecule has 3 aromatic rings. The maximum Gasteiger partial charge on any atom is 0.246 e. The lowest BCUT2D eigenvalue weighted by molar-refractivity contribution is -0.127. The van der Waals surface area contributed by atoms with Gasteiger partial charge in [0.2, 0.25) is 5.91 Å². The van der Waals surface area contributed by atoms with Gasteiger partial charge in [0.1, 0.15) is 17.7 Å². The Morgan fingerprint density at radius 2 is 2.09 bits per heavy atom.